The summed E-state index contributed by atoms with van der Waals surface area (Å²) < 4.78 is 5.14. The van der Waals surface area contributed by atoms with E-state index in [-0.39, 0.29) is 40.5 Å². The number of β-lactam (4-membered cyclic amide) rings is 1. The molecule has 3 rings (SSSR count). The lowest BCUT2D eigenvalue weighted by atomic mass is 9.98. The van der Waals surface area contributed by atoms with Crippen molar-refractivity contribution in [3.63, 3.8) is 0 Å². The molecule has 2 heterocycles. The summed E-state index contributed by atoms with van der Waals surface area (Å²) in [6.45, 7) is 0. The first-order chi connectivity index (χ1) is 11.5. The summed E-state index contributed by atoms with van der Waals surface area (Å²) in [5.74, 6) is -0.695. The van der Waals surface area contributed by atoms with E-state index in [4.69, 9.17) is 22.1 Å². The number of halogens is 2. The topological polar surface area (TPSA) is 92.9 Å². The number of nitrogens with two attached hydrogens (primary N) is 1. The lowest BCUT2D eigenvalue weighted by Crippen LogP contribution is -2.69. The number of thioether (sulfide) groups is 1. The molecule has 0 saturated carbocycles. The van der Waals surface area contributed by atoms with Gasteiger partial charge in [-0.05, 0) is 29.7 Å². The Hall–Kier alpha value is -1.41. The maximum atomic E-state index is 11.9. The van der Waals surface area contributed by atoms with Gasteiger partial charge in [-0.1, -0.05) is 12.1 Å². The number of ether oxygens (including phenoxy) is 1. The average molecular weight is 405 g/mol. The number of hydrogen-bond acceptors (Lipinski definition) is 5. The van der Waals surface area contributed by atoms with Crippen molar-refractivity contribution in [1.82, 2.24) is 4.90 Å². The van der Waals surface area contributed by atoms with Crippen molar-refractivity contribution in [2.24, 2.45) is 5.73 Å². The van der Waals surface area contributed by atoms with Gasteiger partial charge in [-0.25, -0.2) is 4.79 Å². The van der Waals surface area contributed by atoms with Gasteiger partial charge in [0.25, 0.3) is 0 Å². The van der Waals surface area contributed by atoms with Crippen LogP contribution < -0.4 is 10.5 Å². The van der Waals surface area contributed by atoms with Crippen molar-refractivity contribution < 1.29 is 19.4 Å². The van der Waals surface area contributed by atoms with E-state index in [2.05, 4.69) is 0 Å². The van der Waals surface area contributed by atoms with Crippen LogP contribution in [0.1, 0.15) is 5.56 Å². The highest BCUT2D eigenvalue weighted by Gasteiger charge is 2.53. The molecule has 6 nitrogen and oxygen atoms in total. The van der Waals surface area contributed by atoms with Crippen LogP contribution in [0.25, 0.3) is 0 Å². The summed E-state index contributed by atoms with van der Waals surface area (Å²) in [6, 6.07) is 6.92. The molecule has 2 aliphatic heterocycles. The number of amides is 1. The number of fused-ring (bicyclic) bond motifs is 1. The fraction of sp³-hybridized carbons (Fsp3) is 0.375. The SMILES string of the molecule is COc1ccc(CC2S[C@@H]3[C@H](N)C(=O)N3C(C(=O)O)=C2CCl)cc1.Cl. The Balaban J connectivity index is 0.00000225. The zero-order valence-electron chi connectivity index (χ0n) is 13.3. The van der Waals surface area contributed by atoms with Crippen LogP contribution in [0.4, 0.5) is 0 Å². The summed E-state index contributed by atoms with van der Waals surface area (Å²) in [6.07, 6.45) is 0.610. The second-order valence-electron chi connectivity index (χ2n) is 5.61. The van der Waals surface area contributed by atoms with E-state index in [1.807, 2.05) is 24.3 Å². The molecule has 136 valence electrons. The fourth-order valence-corrected chi connectivity index (χ4v) is 4.97. The average Bonchev–Trinajstić information content (AvgIpc) is 2.60. The number of benzene rings is 1. The monoisotopic (exact) mass is 404 g/mol. The maximum absolute atomic E-state index is 11.9. The Morgan fingerprint density at radius 3 is 2.56 bits per heavy atom. The fourth-order valence-electron chi connectivity index (χ4n) is 2.96. The zero-order valence-corrected chi connectivity index (χ0v) is 15.7. The van der Waals surface area contributed by atoms with Crippen molar-refractivity contribution in [3.05, 3.63) is 41.1 Å². The Kier molecular flexibility index (Phi) is 6.26. The van der Waals surface area contributed by atoms with E-state index < -0.39 is 12.0 Å². The number of carboxylic acid groups (broad SMARTS) is 1. The molecule has 0 radical (unpaired) electrons. The number of carbonyl (C=O) groups is 2. The first-order valence-corrected chi connectivity index (χ1v) is 8.85. The highest BCUT2D eigenvalue weighted by atomic mass is 35.5. The van der Waals surface area contributed by atoms with Gasteiger partial charge >= 0.3 is 5.97 Å². The molecule has 9 heteroatoms. The normalized spacial score (nSPS) is 25.0. The quantitative estimate of drug-likeness (QED) is 0.574. The Bertz CT molecular complexity index is 711. The van der Waals surface area contributed by atoms with Crippen molar-refractivity contribution in [1.29, 1.82) is 0 Å². The van der Waals surface area contributed by atoms with Crippen molar-refractivity contribution in [2.45, 2.75) is 23.1 Å². The molecule has 3 atom stereocenters. The number of rotatable bonds is 5. The molecule has 3 N–H and O–H groups in total. The lowest BCUT2D eigenvalue weighted by Gasteiger charge is -2.50. The Morgan fingerprint density at radius 1 is 1.40 bits per heavy atom. The van der Waals surface area contributed by atoms with Gasteiger partial charge in [-0.15, -0.1) is 35.8 Å². The minimum atomic E-state index is -1.14. The maximum Gasteiger partial charge on any atom is 0.352 e. The number of alkyl halides is 1. The van der Waals surface area contributed by atoms with Crippen LogP contribution in [-0.4, -0.2) is 51.5 Å². The molecule has 1 aromatic carbocycles. The first kappa shape index (κ1) is 19.9. The Morgan fingerprint density at radius 2 is 2.04 bits per heavy atom. The second-order valence-corrected chi connectivity index (χ2v) is 7.21. The van der Waals surface area contributed by atoms with E-state index in [1.165, 1.54) is 16.7 Å². The number of carboxylic acids is 1. The number of aliphatic carboxylic acids is 1. The molecule has 2 aliphatic rings. The van der Waals surface area contributed by atoms with Crippen molar-refractivity contribution in [3.8, 4) is 5.75 Å². The summed E-state index contributed by atoms with van der Waals surface area (Å²) in [7, 11) is 1.60. The van der Waals surface area contributed by atoms with E-state index in [0.717, 1.165) is 11.3 Å². The molecule has 1 aromatic rings. The van der Waals surface area contributed by atoms with Gasteiger partial charge in [-0.2, -0.15) is 0 Å². The Labute approximate surface area is 160 Å². The largest absolute Gasteiger partial charge is 0.497 e. The molecule has 0 spiro atoms. The van der Waals surface area contributed by atoms with Crippen molar-refractivity contribution >= 4 is 47.6 Å². The third-order valence-electron chi connectivity index (χ3n) is 4.25. The second kappa shape index (κ2) is 7.86. The van der Waals surface area contributed by atoms with Crippen molar-refractivity contribution in [2.75, 3.05) is 13.0 Å². The number of methoxy groups -OCH3 is 1. The van der Waals surface area contributed by atoms with Gasteiger partial charge < -0.3 is 15.6 Å². The summed E-state index contributed by atoms with van der Waals surface area (Å²) in [4.78, 5) is 24.9. The van der Waals surface area contributed by atoms with Gasteiger partial charge in [0.2, 0.25) is 5.91 Å². The summed E-state index contributed by atoms with van der Waals surface area (Å²) in [5.41, 5.74) is 7.42. The highest BCUT2D eigenvalue weighted by molar-refractivity contribution is 8.00. The van der Waals surface area contributed by atoms with Crippen LogP contribution in [0.5, 0.6) is 5.75 Å². The molecule has 25 heavy (non-hydrogen) atoms. The third kappa shape index (κ3) is 3.46. The van der Waals surface area contributed by atoms with Gasteiger partial charge in [0.15, 0.2) is 0 Å². The van der Waals surface area contributed by atoms with Gasteiger partial charge in [0.05, 0.1) is 7.11 Å². The third-order valence-corrected chi connectivity index (χ3v) is 6.10. The van der Waals surface area contributed by atoms with Gasteiger partial charge in [-0.3, -0.25) is 9.69 Å². The van der Waals surface area contributed by atoms with Crippen LogP contribution in [-0.2, 0) is 16.0 Å². The van der Waals surface area contributed by atoms with Crippen LogP contribution in [0.2, 0.25) is 0 Å². The van der Waals surface area contributed by atoms with E-state index >= 15 is 0 Å². The van der Waals surface area contributed by atoms with E-state index in [9.17, 15) is 14.7 Å². The van der Waals surface area contributed by atoms with E-state index in [0.29, 0.717) is 12.0 Å². The molecule has 1 fully saturated rings. The smallest absolute Gasteiger partial charge is 0.352 e. The zero-order chi connectivity index (χ0) is 17.4. The number of carbonyl (C=O) groups excluding carboxylic acids is 1. The predicted octanol–water partition coefficient (Wildman–Crippen LogP) is 1.85. The molecule has 1 amide bonds. The molecule has 0 bridgehead atoms. The molecule has 0 aromatic heterocycles. The molecular formula is C16H18Cl2N2O4S. The molecular weight excluding hydrogens is 387 g/mol. The predicted molar refractivity (Wildman–Crippen MR) is 99.3 cm³/mol. The van der Waals surface area contributed by atoms with Gasteiger partial charge in [0.1, 0.15) is 22.9 Å². The minimum absolute atomic E-state index is 0. The molecule has 1 unspecified atom stereocenters. The van der Waals surface area contributed by atoms with Gasteiger partial charge in [0, 0.05) is 11.1 Å². The lowest BCUT2D eigenvalue weighted by molar-refractivity contribution is -0.148. The van der Waals surface area contributed by atoms with Crippen LogP contribution in [0, 0.1) is 0 Å². The highest BCUT2D eigenvalue weighted by Crippen LogP contribution is 2.44. The number of hydrogen-bond donors (Lipinski definition) is 2. The van der Waals surface area contributed by atoms with E-state index in [1.54, 1.807) is 7.11 Å². The molecule has 1 saturated heterocycles. The van der Waals surface area contributed by atoms with Crippen LogP contribution >= 0.6 is 35.8 Å². The first-order valence-electron chi connectivity index (χ1n) is 7.37. The standard InChI is InChI=1S/C16H17ClN2O4S.ClH/c1-23-9-4-2-8(3-5-9)6-11-10(7-17)13(16(21)22)19-14(20)12(18)15(19)24-11;/h2-5,11-12,15H,6-7,18H2,1H3,(H,21,22);1H/t11?,12-,15-;/m1./s1. The van der Waals surface area contributed by atoms with Crippen LogP contribution in [0.3, 0.4) is 0 Å². The molecule has 0 aliphatic carbocycles. The van der Waals surface area contributed by atoms with Crippen LogP contribution in [0.15, 0.2) is 35.5 Å². The number of nitrogens with zero attached hydrogens (tertiary/aromatic N) is 1. The minimum Gasteiger partial charge on any atom is -0.497 e. The summed E-state index contributed by atoms with van der Waals surface area (Å²) >= 11 is 7.52. The summed E-state index contributed by atoms with van der Waals surface area (Å²) in [5, 5.41) is 9.06.